The second-order valence-electron chi connectivity index (χ2n) is 6.15. The Balaban J connectivity index is 1.46. The number of fused-ring (bicyclic) bond motifs is 2. The molecule has 2 aliphatic heterocycles. The number of carbonyl (C=O) groups excluding carboxylic acids is 1. The van der Waals surface area contributed by atoms with Crippen LogP contribution < -0.4 is 16.4 Å². The van der Waals surface area contributed by atoms with E-state index in [1.54, 1.807) is 6.07 Å². The zero-order valence-corrected chi connectivity index (χ0v) is 12.2. The molecule has 0 saturated carbocycles. The predicted molar refractivity (Wildman–Crippen MR) is 84.4 cm³/mol. The Kier molecular flexibility index (Phi) is 3.15. The first-order valence-electron chi connectivity index (χ1n) is 7.72. The fourth-order valence-corrected chi connectivity index (χ4v) is 3.49. The van der Waals surface area contributed by atoms with Gasteiger partial charge < -0.3 is 20.8 Å². The number of anilines is 1. The lowest BCUT2D eigenvalue weighted by Crippen LogP contribution is -2.42. The van der Waals surface area contributed by atoms with Gasteiger partial charge in [-0.3, -0.25) is 4.79 Å². The van der Waals surface area contributed by atoms with Gasteiger partial charge in [-0.25, -0.2) is 0 Å². The monoisotopic (exact) mass is 297 g/mol. The van der Waals surface area contributed by atoms with Crippen molar-refractivity contribution in [3.05, 3.63) is 42.2 Å². The smallest absolute Gasteiger partial charge is 0.287 e. The minimum Gasteiger partial charge on any atom is -0.451 e. The summed E-state index contributed by atoms with van der Waals surface area (Å²) in [5, 5.41) is 6.60. The fraction of sp³-hybridized carbons (Fsp3) is 0.353. The molecule has 5 nitrogen and oxygen atoms in total. The maximum absolute atomic E-state index is 12.3. The van der Waals surface area contributed by atoms with Crippen LogP contribution in [-0.2, 0) is 0 Å². The van der Waals surface area contributed by atoms with Crippen molar-refractivity contribution in [2.75, 3.05) is 5.73 Å². The topological polar surface area (TPSA) is 80.3 Å². The molecular formula is C17H19N3O2. The molecule has 2 saturated heterocycles. The Hall–Kier alpha value is -2.27. The van der Waals surface area contributed by atoms with Crippen LogP contribution in [0.5, 0.6) is 0 Å². The van der Waals surface area contributed by atoms with Gasteiger partial charge in [0.25, 0.3) is 5.91 Å². The van der Waals surface area contributed by atoms with Gasteiger partial charge >= 0.3 is 0 Å². The average molecular weight is 297 g/mol. The van der Waals surface area contributed by atoms with Crippen molar-refractivity contribution in [2.24, 2.45) is 0 Å². The highest BCUT2D eigenvalue weighted by Crippen LogP contribution is 2.29. The number of hydrogen-bond acceptors (Lipinski definition) is 4. The van der Waals surface area contributed by atoms with Gasteiger partial charge in [0.1, 0.15) is 5.76 Å². The Morgan fingerprint density at radius 2 is 2.00 bits per heavy atom. The predicted octanol–water partition coefficient (Wildman–Crippen LogP) is 2.15. The summed E-state index contributed by atoms with van der Waals surface area (Å²) in [7, 11) is 0. The molecule has 2 bridgehead atoms. The van der Waals surface area contributed by atoms with Crippen molar-refractivity contribution in [2.45, 2.75) is 37.4 Å². The number of hydrogen-bond donors (Lipinski definition) is 3. The zero-order chi connectivity index (χ0) is 15.1. The van der Waals surface area contributed by atoms with E-state index in [0.717, 1.165) is 18.4 Å². The molecular weight excluding hydrogens is 278 g/mol. The normalized spacial score (nSPS) is 26.3. The van der Waals surface area contributed by atoms with Gasteiger partial charge in [0.2, 0.25) is 0 Å². The third-order valence-electron chi connectivity index (χ3n) is 4.64. The summed E-state index contributed by atoms with van der Waals surface area (Å²) in [5.74, 6) is 0.895. The number of nitrogens with one attached hydrogen (secondary N) is 2. The molecule has 114 valence electrons. The standard InChI is InChI=1S/C17H19N3O2/c18-11-3-1-10(2-4-11)15-7-8-16(22-15)17(21)20-14-9-12-5-6-13(14)19-12/h1-4,7-8,12-14,19H,5-6,9,18H2,(H,20,21)/t12-,13-,14+/m0/s1. The minimum absolute atomic E-state index is 0.138. The molecule has 0 spiro atoms. The molecule has 0 radical (unpaired) electrons. The average Bonchev–Trinajstić information content (AvgIpc) is 3.24. The first kappa shape index (κ1) is 13.4. The van der Waals surface area contributed by atoms with Crippen LogP contribution in [0, 0.1) is 0 Å². The van der Waals surface area contributed by atoms with E-state index in [-0.39, 0.29) is 11.9 Å². The number of benzene rings is 1. The molecule has 3 heterocycles. The number of rotatable bonds is 3. The molecule has 2 fully saturated rings. The van der Waals surface area contributed by atoms with Crippen molar-refractivity contribution in [1.29, 1.82) is 0 Å². The van der Waals surface area contributed by atoms with Crippen molar-refractivity contribution in [3.8, 4) is 11.3 Å². The highest BCUT2D eigenvalue weighted by atomic mass is 16.3. The molecule has 4 rings (SSSR count). The summed E-state index contributed by atoms with van der Waals surface area (Å²) in [6.45, 7) is 0. The van der Waals surface area contributed by atoms with E-state index in [2.05, 4.69) is 10.6 Å². The third-order valence-corrected chi connectivity index (χ3v) is 4.64. The van der Waals surface area contributed by atoms with E-state index in [0.29, 0.717) is 29.3 Å². The molecule has 1 aromatic carbocycles. The molecule has 1 amide bonds. The maximum Gasteiger partial charge on any atom is 0.287 e. The van der Waals surface area contributed by atoms with Crippen LogP contribution in [0.2, 0.25) is 0 Å². The number of carbonyl (C=O) groups is 1. The molecule has 0 aliphatic carbocycles. The van der Waals surface area contributed by atoms with E-state index in [1.165, 1.54) is 6.42 Å². The molecule has 5 heteroatoms. The molecule has 3 atom stereocenters. The number of amides is 1. The van der Waals surface area contributed by atoms with E-state index < -0.39 is 0 Å². The number of nitrogen functional groups attached to an aromatic ring is 1. The summed E-state index contributed by atoms with van der Waals surface area (Å²) < 4.78 is 5.69. The van der Waals surface area contributed by atoms with E-state index in [1.807, 2.05) is 30.3 Å². The van der Waals surface area contributed by atoms with Crippen LogP contribution in [0.3, 0.4) is 0 Å². The highest BCUT2D eigenvalue weighted by Gasteiger charge is 2.39. The fourth-order valence-electron chi connectivity index (χ4n) is 3.49. The summed E-state index contributed by atoms with van der Waals surface area (Å²) in [6, 6.07) is 12.2. The molecule has 22 heavy (non-hydrogen) atoms. The quantitative estimate of drug-likeness (QED) is 0.758. The van der Waals surface area contributed by atoms with Crippen LogP contribution in [-0.4, -0.2) is 24.0 Å². The van der Waals surface area contributed by atoms with E-state index in [4.69, 9.17) is 10.2 Å². The lowest BCUT2D eigenvalue weighted by Gasteiger charge is -2.20. The second-order valence-corrected chi connectivity index (χ2v) is 6.15. The van der Waals surface area contributed by atoms with E-state index in [9.17, 15) is 4.79 Å². The van der Waals surface area contributed by atoms with Crippen LogP contribution in [0.4, 0.5) is 5.69 Å². The third kappa shape index (κ3) is 2.37. The first-order chi connectivity index (χ1) is 10.7. The van der Waals surface area contributed by atoms with E-state index >= 15 is 0 Å². The lowest BCUT2D eigenvalue weighted by atomic mass is 9.95. The van der Waals surface area contributed by atoms with Crippen molar-refractivity contribution in [1.82, 2.24) is 10.6 Å². The van der Waals surface area contributed by atoms with Gasteiger partial charge in [-0.2, -0.15) is 0 Å². The Labute approximate surface area is 128 Å². The van der Waals surface area contributed by atoms with Gasteiger partial charge in [0, 0.05) is 29.4 Å². The number of furan rings is 1. The van der Waals surface area contributed by atoms with Crippen LogP contribution >= 0.6 is 0 Å². The van der Waals surface area contributed by atoms with Gasteiger partial charge in [-0.15, -0.1) is 0 Å². The van der Waals surface area contributed by atoms with Crippen molar-refractivity contribution >= 4 is 11.6 Å². The minimum atomic E-state index is -0.138. The zero-order valence-electron chi connectivity index (χ0n) is 12.2. The molecule has 0 unspecified atom stereocenters. The van der Waals surface area contributed by atoms with Gasteiger partial charge in [0.15, 0.2) is 5.76 Å². The largest absolute Gasteiger partial charge is 0.451 e. The van der Waals surface area contributed by atoms with Gasteiger partial charge in [-0.05, 0) is 55.7 Å². The molecule has 2 aromatic rings. The molecule has 2 aliphatic rings. The Morgan fingerprint density at radius 1 is 1.18 bits per heavy atom. The number of nitrogens with two attached hydrogens (primary N) is 1. The van der Waals surface area contributed by atoms with Crippen LogP contribution in [0.1, 0.15) is 29.8 Å². The summed E-state index contributed by atoms with van der Waals surface area (Å²) in [6.07, 6.45) is 3.38. The van der Waals surface area contributed by atoms with Gasteiger partial charge in [-0.1, -0.05) is 0 Å². The van der Waals surface area contributed by atoms with Crippen LogP contribution in [0.15, 0.2) is 40.8 Å². The van der Waals surface area contributed by atoms with Crippen LogP contribution in [0.25, 0.3) is 11.3 Å². The SMILES string of the molecule is Nc1ccc(-c2ccc(C(=O)N[C@@H]3C[C@@H]4CC[C@@H]3N4)o2)cc1. The summed E-state index contributed by atoms with van der Waals surface area (Å²) in [5.41, 5.74) is 7.30. The van der Waals surface area contributed by atoms with Gasteiger partial charge in [0.05, 0.1) is 0 Å². The molecule has 1 aromatic heterocycles. The van der Waals surface area contributed by atoms with Crippen molar-refractivity contribution < 1.29 is 9.21 Å². The summed E-state index contributed by atoms with van der Waals surface area (Å²) in [4.78, 5) is 12.3. The lowest BCUT2D eigenvalue weighted by molar-refractivity contribution is 0.0903. The first-order valence-corrected chi connectivity index (χ1v) is 7.72. The summed E-state index contributed by atoms with van der Waals surface area (Å²) >= 11 is 0. The Morgan fingerprint density at radius 3 is 2.68 bits per heavy atom. The van der Waals surface area contributed by atoms with Crippen molar-refractivity contribution in [3.63, 3.8) is 0 Å². The second kappa shape index (κ2) is 5.18. The maximum atomic E-state index is 12.3. The Bertz CT molecular complexity index is 692. The highest BCUT2D eigenvalue weighted by molar-refractivity contribution is 5.92. The molecule has 4 N–H and O–H groups in total.